The number of aryl methyl sites for hydroxylation is 1. The Hall–Kier alpha value is -6.37. The first-order valence-electron chi connectivity index (χ1n) is 15.3. The van der Waals surface area contributed by atoms with Gasteiger partial charge in [0.1, 0.15) is 6.61 Å². The first-order chi connectivity index (χ1) is 24.2. The molecule has 2 heterocycles. The second-order valence-electron chi connectivity index (χ2n) is 11.2. The van der Waals surface area contributed by atoms with Crippen molar-refractivity contribution in [3.05, 3.63) is 111 Å². The lowest BCUT2D eigenvalue weighted by Crippen LogP contribution is -2.45. The minimum absolute atomic E-state index is 0.0282. The van der Waals surface area contributed by atoms with E-state index in [1.54, 1.807) is 24.3 Å². The number of fused-ring (bicyclic) bond motifs is 2. The number of imide groups is 1. The van der Waals surface area contributed by atoms with Gasteiger partial charge in [0, 0.05) is 22.8 Å². The first-order valence-corrected chi connectivity index (χ1v) is 15.3. The number of hydrogen-bond acceptors (Lipinski definition) is 11. The van der Waals surface area contributed by atoms with Gasteiger partial charge in [-0.05, 0) is 53.1 Å². The highest BCUT2D eigenvalue weighted by atomic mass is 19.1. The van der Waals surface area contributed by atoms with Gasteiger partial charge in [-0.2, -0.15) is 5.26 Å². The predicted molar refractivity (Wildman–Crippen MR) is 175 cm³/mol. The molecule has 1 aliphatic rings. The van der Waals surface area contributed by atoms with Crippen molar-refractivity contribution in [3.63, 3.8) is 0 Å². The van der Waals surface area contributed by atoms with Gasteiger partial charge in [0.2, 0.25) is 11.7 Å². The fourth-order valence-electron chi connectivity index (χ4n) is 5.57. The molecule has 0 bridgehead atoms. The Morgan fingerprint density at radius 3 is 2.46 bits per heavy atom. The summed E-state index contributed by atoms with van der Waals surface area (Å²) in [5, 5.41) is 28.9. The summed E-state index contributed by atoms with van der Waals surface area (Å²) in [5.41, 5.74) is 2.56. The molecule has 6 rings (SSSR count). The fraction of sp³-hybridized carbons (Fsp3) is 0.200. The van der Waals surface area contributed by atoms with Gasteiger partial charge in [-0.3, -0.25) is 34.3 Å². The number of amides is 3. The number of hydrogen-bond donors (Lipinski definition) is 0. The molecule has 50 heavy (non-hydrogen) atoms. The lowest BCUT2D eigenvalue weighted by molar-refractivity contribution is -0.383. The van der Waals surface area contributed by atoms with E-state index in [0.717, 1.165) is 10.5 Å². The Labute approximate surface area is 283 Å². The van der Waals surface area contributed by atoms with E-state index in [4.69, 9.17) is 14.1 Å². The Morgan fingerprint density at radius 2 is 1.70 bits per heavy atom. The monoisotopic (exact) mass is 678 g/mol. The van der Waals surface area contributed by atoms with Gasteiger partial charge >= 0.3 is 5.69 Å². The van der Waals surface area contributed by atoms with E-state index >= 15 is 0 Å². The summed E-state index contributed by atoms with van der Waals surface area (Å²) < 4.78 is 30.7. The van der Waals surface area contributed by atoms with Crippen molar-refractivity contribution < 1.29 is 37.8 Å². The summed E-state index contributed by atoms with van der Waals surface area (Å²) in [5.74, 6) is -2.17. The van der Waals surface area contributed by atoms with Crippen LogP contribution in [-0.2, 0) is 19.1 Å². The molecule has 0 radical (unpaired) electrons. The first kappa shape index (κ1) is 33.5. The zero-order valence-electron chi connectivity index (χ0n) is 26.4. The molecular weight excluding hydrogens is 651 g/mol. The summed E-state index contributed by atoms with van der Waals surface area (Å²) >= 11 is 0. The highest BCUT2D eigenvalue weighted by molar-refractivity contribution is 6.11. The Bertz CT molecular complexity index is 2160. The summed E-state index contributed by atoms with van der Waals surface area (Å²) in [6.45, 7) is 1.06. The van der Waals surface area contributed by atoms with Crippen LogP contribution in [-0.4, -0.2) is 70.8 Å². The molecule has 0 saturated carbocycles. The van der Waals surface area contributed by atoms with Crippen molar-refractivity contribution in [2.75, 3.05) is 37.9 Å². The van der Waals surface area contributed by atoms with Crippen LogP contribution in [0.25, 0.3) is 22.2 Å². The molecule has 14 nitrogen and oxygen atoms in total. The van der Waals surface area contributed by atoms with Crippen LogP contribution >= 0.6 is 0 Å². The van der Waals surface area contributed by atoms with Gasteiger partial charge in [-0.25, -0.2) is 9.02 Å². The van der Waals surface area contributed by atoms with E-state index in [0.29, 0.717) is 22.4 Å². The minimum Gasteiger partial charge on any atom is -0.377 e. The van der Waals surface area contributed by atoms with Gasteiger partial charge in [-0.1, -0.05) is 48.0 Å². The number of halogens is 1. The van der Waals surface area contributed by atoms with E-state index in [-0.39, 0.29) is 59.9 Å². The number of rotatable bonds is 12. The van der Waals surface area contributed by atoms with Crippen LogP contribution in [0.15, 0.2) is 83.5 Å². The second kappa shape index (κ2) is 14.4. The lowest BCUT2D eigenvalue weighted by atomic mass is 9.97. The number of aromatic nitrogens is 2. The maximum atomic E-state index is 14.7. The smallest absolute Gasteiger partial charge is 0.300 e. The molecule has 0 N–H and O–H groups in total. The third kappa shape index (κ3) is 6.52. The predicted octanol–water partition coefficient (Wildman–Crippen LogP) is 5.37. The van der Waals surface area contributed by atoms with Crippen LogP contribution in [0.1, 0.15) is 33.2 Å². The molecule has 0 aliphatic carbocycles. The average molecular weight is 679 g/mol. The van der Waals surface area contributed by atoms with E-state index < -0.39 is 35.4 Å². The number of anilines is 2. The number of nitriles is 1. The molecule has 0 saturated heterocycles. The third-order valence-corrected chi connectivity index (χ3v) is 8.04. The topological polar surface area (TPSA) is 182 Å². The van der Waals surface area contributed by atoms with Crippen molar-refractivity contribution in [2.45, 2.75) is 13.1 Å². The largest absolute Gasteiger partial charge is 0.377 e. The molecular formula is C35H27FN6O8. The summed E-state index contributed by atoms with van der Waals surface area (Å²) in [6.07, 6.45) is -1.95. The maximum Gasteiger partial charge on any atom is 0.300 e. The number of non-ortho nitro benzene ring substituents is 1. The SMILES string of the molecule is Cc1ccc(-c2cc(C#N)ccc2N(C(=O)COCCOCCN2C(=O)c3ccccc3C(F)C2=O)c2ccc([N+](=O)[O-])c3nonc23)cc1. The number of carbonyl (C=O) groups is 3. The number of nitro benzene ring substituents is 1. The molecule has 0 fully saturated rings. The van der Waals surface area contributed by atoms with Crippen LogP contribution in [0.3, 0.4) is 0 Å². The molecule has 3 amide bonds. The van der Waals surface area contributed by atoms with E-state index in [9.17, 15) is 34.2 Å². The standard InChI is InChI=1S/C35H27FN6O8/c1-21-6-9-23(10-7-21)26-18-22(19-37)8-11-27(26)41(28-12-13-29(42(46)47)33-32(28)38-50-39-33)30(43)20-49-17-16-48-15-14-40-34(44)25-5-3-2-4-24(25)31(36)35(40)45/h2-13,18,31H,14-17,20H2,1H3. The summed E-state index contributed by atoms with van der Waals surface area (Å²) in [6, 6.07) is 22.8. The molecule has 15 heteroatoms. The number of ether oxygens (including phenoxy) is 2. The number of alkyl halides is 1. The van der Waals surface area contributed by atoms with Gasteiger partial charge in [0.25, 0.3) is 17.7 Å². The number of carbonyl (C=O) groups excluding carboxylic acids is 3. The van der Waals surface area contributed by atoms with Crippen molar-refractivity contribution in [3.8, 4) is 17.2 Å². The van der Waals surface area contributed by atoms with Gasteiger partial charge in [-0.15, -0.1) is 0 Å². The van der Waals surface area contributed by atoms with E-state index in [1.807, 2.05) is 31.2 Å². The van der Waals surface area contributed by atoms with Crippen molar-refractivity contribution in [2.24, 2.45) is 0 Å². The second-order valence-corrected chi connectivity index (χ2v) is 11.2. The minimum atomic E-state index is -1.95. The van der Waals surface area contributed by atoms with E-state index in [1.165, 1.54) is 35.2 Å². The quantitative estimate of drug-likeness (QED) is 0.0716. The van der Waals surface area contributed by atoms with E-state index in [2.05, 4.69) is 16.4 Å². The Kier molecular flexibility index (Phi) is 9.66. The molecule has 1 aromatic heterocycles. The number of benzene rings is 4. The van der Waals surface area contributed by atoms with Crippen LogP contribution in [0, 0.1) is 28.4 Å². The number of nitro groups is 1. The van der Waals surface area contributed by atoms with Crippen molar-refractivity contribution >= 4 is 45.8 Å². The van der Waals surface area contributed by atoms with Crippen molar-refractivity contribution in [1.29, 1.82) is 5.26 Å². The highest BCUT2D eigenvalue weighted by Gasteiger charge is 2.38. The van der Waals surface area contributed by atoms with Crippen LogP contribution < -0.4 is 4.90 Å². The van der Waals surface area contributed by atoms with Gasteiger partial charge in [0.15, 0.2) is 5.52 Å². The summed E-state index contributed by atoms with van der Waals surface area (Å²) in [7, 11) is 0. The van der Waals surface area contributed by atoms with Crippen LogP contribution in [0.4, 0.5) is 21.5 Å². The molecule has 252 valence electrons. The molecule has 1 aliphatic heterocycles. The Balaban J connectivity index is 1.19. The summed E-state index contributed by atoms with van der Waals surface area (Å²) in [4.78, 5) is 52.3. The zero-order chi connectivity index (χ0) is 35.4. The van der Waals surface area contributed by atoms with Crippen LogP contribution in [0.5, 0.6) is 0 Å². The molecule has 1 unspecified atom stereocenters. The van der Waals surface area contributed by atoms with Crippen LogP contribution in [0.2, 0.25) is 0 Å². The lowest BCUT2D eigenvalue weighted by Gasteiger charge is -2.28. The average Bonchev–Trinajstić information content (AvgIpc) is 3.62. The highest BCUT2D eigenvalue weighted by Crippen LogP contribution is 2.40. The van der Waals surface area contributed by atoms with Gasteiger partial charge < -0.3 is 9.47 Å². The number of nitrogens with zero attached hydrogens (tertiary/aromatic N) is 6. The Morgan fingerprint density at radius 1 is 0.980 bits per heavy atom. The maximum absolute atomic E-state index is 14.7. The molecule has 1 atom stereocenters. The zero-order valence-corrected chi connectivity index (χ0v) is 26.4. The molecule has 0 spiro atoms. The molecule has 5 aromatic rings. The fourth-order valence-corrected chi connectivity index (χ4v) is 5.57. The normalized spacial score (nSPS) is 14.0. The molecule has 4 aromatic carbocycles. The van der Waals surface area contributed by atoms with Gasteiger partial charge in [0.05, 0.1) is 54.3 Å². The third-order valence-electron chi connectivity index (χ3n) is 8.04. The van der Waals surface area contributed by atoms with Crippen molar-refractivity contribution in [1.82, 2.24) is 15.2 Å².